The summed E-state index contributed by atoms with van der Waals surface area (Å²) in [4.78, 5) is 72.8. The Labute approximate surface area is 575 Å². The van der Waals surface area contributed by atoms with Crippen molar-refractivity contribution in [3.8, 4) is 0 Å². The van der Waals surface area contributed by atoms with E-state index in [1.165, 1.54) is 180 Å². The molecule has 0 radical (unpaired) electrons. The number of hydrogen-bond acceptors (Lipinski definition) is 15. The highest BCUT2D eigenvalue weighted by Gasteiger charge is 2.30. The van der Waals surface area contributed by atoms with Crippen LogP contribution in [0, 0.1) is 23.7 Å². The average Bonchev–Trinajstić information content (AvgIpc) is 3.74. The second-order valence-corrected chi connectivity index (χ2v) is 31.9. The summed E-state index contributed by atoms with van der Waals surface area (Å²) >= 11 is 0. The molecule has 0 saturated carbocycles. The van der Waals surface area contributed by atoms with E-state index in [0.29, 0.717) is 25.7 Å². The number of carbonyl (C=O) groups is 4. The monoisotopic (exact) mass is 1380 g/mol. The molecule has 19 heteroatoms. The Morgan fingerprint density at radius 3 is 0.660 bits per heavy atom. The Morgan fingerprint density at radius 2 is 0.447 bits per heavy atom. The van der Waals surface area contributed by atoms with Gasteiger partial charge in [0.25, 0.3) is 0 Å². The summed E-state index contributed by atoms with van der Waals surface area (Å²) in [5.74, 6) is 0.904. The van der Waals surface area contributed by atoms with Crippen molar-refractivity contribution in [2.45, 2.75) is 395 Å². The van der Waals surface area contributed by atoms with Crippen LogP contribution in [0.25, 0.3) is 0 Å². The lowest BCUT2D eigenvalue weighted by molar-refractivity contribution is -0.161. The van der Waals surface area contributed by atoms with Crippen molar-refractivity contribution in [2.75, 3.05) is 39.6 Å². The zero-order chi connectivity index (χ0) is 69.6. The van der Waals surface area contributed by atoms with Gasteiger partial charge in [-0.1, -0.05) is 325 Å². The molecule has 3 N–H and O–H groups in total. The standard InChI is InChI=1S/C75H146O17P2/c1-65(2)51-43-35-27-19-14-12-10-9-11-13-15-23-33-41-49-57-74(79)91-70(61-85-72(77)55-47-39-31-24-16-20-28-36-44-52-66(3)4)63-89-93(81,82)87-59-69(76)60-88-94(83,84)90-64-71(92-75(80)58-50-42-34-26-18-22-30-38-46-54-68(7)8)62-86-73(78)56-48-40-32-25-17-21-29-37-45-53-67(5)6/h65-71,76H,9-64H2,1-8H3,(H,81,82)(H,83,84)/t69-,70-,71-/m1/s1. The molecular formula is C75H146O17P2. The van der Waals surface area contributed by atoms with Gasteiger partial charge < -0.3 is 33.8 Å². The SMILES string of the molecule is CC(C)CCCCCCCCCCCCCCCCCC(=O)O[C@H](COC(=O)CCCCCCCCCCCC(C)C)COP(=O)(O)OC[C@@H](O)COP(=O)(O)OC[C@@H](COC(=O)CCCCCCCCCCCC(C)C)OC(=O)CCCCCCCCCCCC(C)C. The summed E-state index contributed by atoms with van der Waals surface area (Å²) in [7, 11) is -9.91. The number of aliphatic hydroxyl groups is 1. The lowest BCUT2D eigenvalue weighted by atomic mass is 10.0. The predicted molar refractivity (Wildman–Crippen MR) is 381 cm³/mol. The number of carbonyl (C=O) groups excluding carboxylic acids is 4. The third kappa shape index (κ3) is 68.6. The Hall–Kier alpha value is -1.94. The van der Waals surface area contributed by atoms with Gasteiger partial charge in [0.05, 0.1) is 26.4 Å². The maximum atomic E-state index is 13.1. The molecule has 0 aromatic carbocycles. The summed E-state index contributed by atoms with van der Waals surface area (Å²) in [6.45, 7) is 14.2. The first kappa shape index (κ1) is 92.1. The Kier molecular flexibility index (Phi) is 63.1. The molecule has 0 amide bonds. The number of phosphoric ester groups is 2. The van der Waals surface area contributed by atoms with E-state index in [1.54, 1.807) is 0 Å². The first-order valence-electron chi connectivity index (χ1n) is 38.7. The molecule has 0 aliphatic heterocycles. The van der Waals surface area contributed by atoms with Crippen LogP contribution in [-0.2, 0) is 65.4 Å². The quantitative estimate of drug-likeness (QED) is 0.0222. The second-order valence-electron chi connectivity index (χ2n) is 28.9. The van der Waals surface area contributed by atoms with Crippen molar-refractivity contribution in [2.24, 2.45) is 23.7 Å². The van der Waals surface area contributed by atoms with Crippen LogP contribution in [0.3, 0.4) is 0 Å². The largest absolute Gasteiger partial charge is 0.472 e. The normalized spacial score (nSPS) is 14.2. The number of esters is 4. The molecular weight excluding hydrogens is 1230 g/mol. The number of rotatable bonds is 72. The van der Waals surface area contributed by atoms with Crippen molar-refractivity contribution in [3.05, 3.63) is 0 Å². The van der Waals surface area contributed by atoms with Crippen LogP contribution in [0.1, 0.15) is 376 Å². The Bertz CT molecular complexity index is 1850. The molecule has 94 heavy (non-hydrogen) atoms. The van der Waals surface area contributed by atoms with E-state index in [9.17, 15) is 43.2 Å². The fourth-order valence-electron chi connectivity index (χ4n) is 11.4. The van der Waals surface area contributed by atoms with Crippen molar-refractivity contribution in [1.82, 2.24) is 0 Å². The van der Waals surface area contributed by atoms with E-state index in [1.807, 2.05) is 0 Å². The molecule has 0 aromatic heterocycles. The highest BCUT2D eigenvalue weighted by molar-refractivity contribution is 7.47. The molecule has 0 bridgehead atoms. The molecule has 17 nitrogen and oxygen atoms in total. The van der Waals surface area contributed by atoms with E-state index in [-0.39, 0.29) is 25.7 Å². The Morgan fingerprint density at radius 1 is 0.266 bits per heavy atom. The first-order valence-corrected chi connectivity index (χ1v) is 41.7. The van der Waals surface area contributed by atoms with Gasteiger partial charge >= 0.3 is 39.5 Å². The number of phosphoric acid groups is 2. The third-order valence-corrected chi connectivity index (χ3v) is 19.2. The molecule has 0 aliphatic carbocycles. The van der Waals surface area contributed by atoms with Gasteiger partial charge in [-0.05, 0) is 49.4 Å². The summed E-state index contributed by atoms with van der Waals surface area (Å²) in [5.41, 5.74) is 0. The molecule has 0 saturated heterocycles. The molecule has 0 spiro atoms. The van der Waals surface area contributed by atoms with Crippen molar-refractivity contribution >= 4 is 39.5 Å². The second kappa shape index (κ2) is 64.4. The van der Waals surface area contributed by atoms with Crippen LogP contribution >= 0.6 is 15.6 Å². The van der Waals surface area contributed by atoms with Crippen molar-refractivity contribution in [1.29, 1.82) is 0 Å². The molecule has 5 atom stereocenters. The Balaban J connectivity index is 5.25. The van der Waals surface area contributed by atoms with Crippen molar-refractivity contribution < 1.29 is 80.2 Å². The molecule has 558 valence electrons. The minimum absolute atomic E-state index is 0.105. The van der Waals surface area contributed by atoms with Gasteiger partial charge in [0.15, 0.2) is 12.2 Å². The van der Waals surface area contributed by atoms with Gasteiger partial charge in [-0.25, -0.2) is 9.13 Å². The summed E-state index contributed by atoms with van der Waals surface area (Å²) in [6.07, 6.45) is 48.6. The van der Waals surface area contributed by atoms with Crippen LogP contribution in [-0.4, -0.2) is 96.7 Å². The van der Waals surface area contributed by atoms with Gasteiger partial charge in [-0.2, -0.15) is 0 Å². The molecule has 2 unspecified atom stereocenters. The van der Waals surface area contributed by atoms with Gasteiger partial charge in [-0.15, -0.1) is 0 Å². The fraction of sp³-hybridized carbons (Fsp3) is 0.947. The highest BCUT2D eigenvalue weighted by Crippen LogP contribution is 2.45. The van der Waals surface area contributed by atoms with Crippen LogP contribution in [0.2, 0.25) is 0 Å². The third-order valence-electron chi connectivity index (χ3n) is 17.3. The van der Waals surface area contributed by atoms with E-state index in [4.69, 9.17) is 37.0 Å². The smallest absolute Gasteiger partial charge is 0.462 e. The van der Waals surface area contributed by atoms with E-state index in [0.717, 1.165) is 114 Å². The molecule has 0 aromatic rings. The van der Waals surface area contributed by atoms with Gasteiger partial charge in [0, 0.05) is 25.7 Å². The highest BCUT2D eigenvalue weighted by atomic mass is 31.2. The maximum Gasteiger partial charge on any atom is 0.472 e. The van der Waals surface area contributed by atoms with E-state index < -0.39 is 97.5 Å². The molecule has 0 heterocycles. The minimum Gasteiger partial charge on any atom is -0.462 e. The van der Waals surface area contributed by atoms with Crippen LogP contribution < -0.4 is 0 Å². The number of aliphatic hydroxyl groups excluding tert-OH is 1. The molecule has 0 rings (SSSR count). The topological polar surface area (TPSA) is 237 Å². The molecule has 0 fully saturated rings. The van der Waals surface area contributed by atoms with Crippen molar-refractivity contribution in [3.63, 3.8) is 0 Å². The predicted octanol–water partition coefficient (Wildman–Crippen LogP) is 21.7. The van der Waals surface area contributed by atoms with E-state index in [2.05, 4.69) is 55.4 Å². The summed E-state index contributed by atoms with van der Waals surface area (Å²) < 4.78 is 68.5. The summed E-state index contributed by atoms with van der Waals surface area (Å²) in [5, 5.41) is 10.6. The van der Waals surface area contributed by atoms with E-state index >= 15 is 0 Å². The van der Waals surface area contributed by atoms with Gasteiger partial charge in [-0.3, -0.25) is 37.3 Å². The average molecular weight is 1380 g/mol. The number of unbranched alkanes of at least 4 members (excludes halogenated alkanes) is 38. The molecule has 0 aliphatic rings. The van der Waals surface area contributed by atoms with Crippen LogP contribution in [0.5, 0.6) is 0 Å². The zero-order valence-corrected chi connectivity index (χ0v) is 63.4. The lowest BCUT2D eigenvalue weighted by Gasteiger charge is -2.21. The lowest BCUT2D eigenvalue weighted by Crippen LogP contribution is -2.30. The first-order chi connectivity index (χ1) is 45.1. The summed E-state index contributed by atoms with van der Waals surface area (Å²) in [6, 6.07) is 0. The number of hydrogen-bond donors (Lipinski definition) is 3. The van der Waals surface area contributed by atoms with Gasteiger partial charge in [0.1, 0.15) is 19.3 Å². The minimum atomic E-state index is -4.96. The zero-order valence-electron chi connectivity index (χ0n) is 61.6. The van der Waals surface area contributed by atoms with Crippen LogP contribution in [0.15, 0.2) is 0 Å². The number of ether oxygens (including phenoxy) is 4. The maximum absolute atomic E-state index is 13.1. The fourth-order valence-corrected chi connectivity index (χ4v) is 13.0. The van der Waals surface area contributed by atoms with Crippen LogP contribution in [0.4, 0.5) is 0 Å². The van der Waals surface area contributed by atoms with Gasteiger partial charge in [0.2, 0.25) is 0 Å².